The predicted octanol–water partition coefficient (Wildman–Crippen LogP) is 4.34. The summed E-state index contributed by atoms with van der Waals surface area (Å²) in [7, 11) is 0.960. The summed E-state index contributed by atoms with van der Waals surface area (Å²) in [5, 5.41) is 0. The van der Waals surface area contributed by atoms with Crippen LogP contribution in [0.1, 0.15) is 5.56 Å². The summed E-state index contributed by atoms with van der Waals surface area (Å²) in [6.07, 6.45) is 2.82. The first-order valence-electron chi connectivity index (χ1n) is 5.90. The van der Waals surface area contributed by atoms with E-state index in [1.165, 1.54) is 18.2 Å². The van der Waals surface area contributed by atoms with E-state index < -0.39 is 33.8 Å². The minimum absolute atomic E-state index is 0.0380. The molecule has 0 spiro atoms. The smallest absolute Gasteiger partial charge is 0.443 e. The standard InChI is InChI=1S/C15H12F4O2S/c1-3-9-14(13(20)21-2,22-15(17,18)19)10-8-11-6-4-5-7-12(11)16/h4-10H,1H2,2H3/b10-8+. The van der Waals surface area contributed by atoms with E-state index in [9.17, 15) is 22.4 Å². The maximum atomic E-state index is 13.5. The number of hydrogen-bond acceptors (Lipinski definition) is 3. The molecular formula is C15H12F4O2S. The van der Waals surface area contributed by atoms with Crippen LogP contribution in [0.4, 0.5) is 17.6 Å². The van der Waals surface area contributed by atoms with Gasteiger partial charge < -0.3 is 4.74 Å². The predicted molar refractivity (Wildman–Crippen MR) is 77.5 cm³/mol. The van der Waals surface area contributed by atoms with Crippen LogP contribution in [0.2, 0.25) is 0 Å². The number of alkyl halides is 3. The lowest BCUT2D eigenvalue weighted by molar-refractivity contribution is -0.141. The number of thioether (sulfide) groups is 1. The highest BCUT2D eigenvalue weighted by molar-refractivity contribution is 8.02. The molecular weight excluding hydrogens is 320 g/mol. The number of benzene rings is 1. The van der Waals surface area contributed by atoms with Crippen LogP contribution in [-0.4, -0.2) is 23.3 Å². The van der Waals surface area contributed by atoms with Crippen LogP contribution in [-0.2, 0) is 9.53 Å². The Balaban J connectivity index is 3.33. The lowest BCUT2D eigenvalue weighted by atomic mass is 10.1. The van der Waals surface area contributed by atoms with Gasteiger partial charge in [0.1, 0.15) is 5.82 Å². The summed E-state index contributed by atoms with van der Waals surface area (Å²) in [5.74, 6) is -1.80. The number of carbonyl (C=O) groups is 1. The van der Waals surface area contributed by atoms with E-state index >= 15 is 0 Å². The minimum Gasteiger partial charge on any atom is -0.467 e. The molecule has 0 aliphatic heterocycles. The number of ether oxygens (including phenoxy) is 1. The van der Waals surface area contributed by atoms with Crippen LogP contribution < -0.4 is 0 Å². The Hall–Kier alpha value is -1.98. The molecule has 0 bridgehead atoms. The van der Waals surface area contributed by atoms with Gasteiger partial charge in [-0.05, 0) is 23.9 Å². The van der Waals surface area contributed by atoms with Crippen molar-refractivity contribution in [3.05, 3.63) is 60.1 Å². The molecule has 1 rings (SSSR count). The lowest BCUT2D eigenvalue weighted by Crippen LogP contribution is -2.35. The van der Waals surface area contributed by atoms with Crippen LogP contribution in [0.5, 0.6) is 0 Å². The van der Waals surface area contributed by atoms with E-state index in [0.29, 0.717) is 0 Å². The molecule has 0 saturated carbocycles. The molecule has 0 radical (unpaired) electrons. The van der Waals surface area contributed by atoms with Crippen molar-refractivity contribution in [2.75, 3.05) is 7.11 Å². The van der Waals surface area contributed by atoms with Crippen LogP contribution >= 0.6 is 11.8 Å². The van der Waals surface area contributed by atoms with Gasteiger partial charge in [0.15, 0.2) is 4.75 Å². The van der Waals surface area contributed by atoms with E-state index in [-0.39, 0.29) is 5.56 Å². The number of carbonyl (C=O) groups excluding carboxylic acids is 1. The molecule has 1 unspecified atom stereocenters. The summed E-state index contributed by atoms with van der Waals surface area (Å²) in [6.45, 7) is 3.19. The van der Waals surface area contributed by atoms with Gasteiger partial charge in [-0.3, -0.25) is 0 Å². The minimum atomic E-state index is -4.72. The monoisotopic (exact) mass is 332 g/mol. The zero-order valence-electron chi connectivity index (χ0n) is 11.5. The van der Waals surface area contributed by atoms with Gasteiger partial charge in [-0.15, -0.1) is 5.73 Å². The Morgan fingerprint density at radius 2 is 2.00 bits per heavy atom. The summed E-state index contributed by atoms with van der Waals surface area (Å²) < 4.78 is 54.0. The fraction of sp³-hybridized carbons (Fsp3) is 0.200. The summed E-state index contributed by atoms with van der Waals surface area (Å²) in [5.41, 5.74) is -2.53. The molecule has 0 amide bonds. The second-order valence-corrected chi connectivity index (χ2v) is 5.38. The van der Waals surface area contributed by atoms with Gasteiger partial charge in [0, 0.05) is 5.56 Å². The van der Waals surface area contributed by atoms with Gasteiger partial charge in [0.05, 0.1) is 7.11 Å². The van der Waals surface area contributed by atoms with E-state index in [0.717, 1.165) is 31.4 Å². The number of hydrogen-bond donors (Lipinski definition) is 0. The number of halogens is 4. The molecule has 0 N–H and O–H groups in total. The molecule has 0 fully saturated rings. The number of methoxy groups -OCH3 is 1. The fourth-order valence-corrected chi connectivity index (χ4v) is 2.43. The molecule has 0 heterocycles. The topological polar surface area (TPSA) is 26.3 Å². The second kappa shape index (κ2) is 7.33. The third-order valence-electron chi connectivity index (χ3n) is 2.52. The molecule has 22 heavy (non-hydrogen) atoms. The first kappa shape index (κ1) is 18.1. The van der Waals surface area contributed by atoms with Crippen molar-refractivity contribution >= 4 is 23.8 Å². The maximum absolute atomic E-state index is 13.5. The van der Waals surface area contributed by atoms with Crippen molar-refractivity contribution in [2.24, 2.45) is 0 Å². The zero-order chi connectivity index (χ0) is 16.8. The first-order valence-corrected chi connectivity index (χ1v) is 6.72. The van der Waals surface area contributed by atoms with Crippen LogP contribution in [0.15, 0.2) is 48.7 Å². The molecule has 7 heteroatoms. The summed E-state index contributed by atoms with van der Waals surface area (Å²) in [4.78, 5) is 11.8. The van der Waals surface area contributed by atoms with Crippen molar-refractivity contribution in [3.63, 3.8) is 0 Å². The highest BCUT2D eigenvalue weighted by atomic mass is 32.2. The molecule has 118 valence electrons. The maximum Gasteiger partial charge on any atom is 0.443 e. The van der Waals surface area contributed by atoms with Crippen LogP contribution in [0.25, 0.3) is 6.08 Å². The van der Waals surface area contributed by atoms with Gasteiger partial charge in [-0.25, -0.2) is 9.18 Å². The third kappa shape index (κ3) is 4.79. The molecule has 0 aliphatic carbocycles. The van der Waals surface area contributed by atoms with Gasteiger partial charge in [-0.1, -0.05) is 36.9 Å². The molecule has 1 aromatic rings. The highest BCUT2D eigenvalue weighted by Gasteiger charge is 2.46. The van der Waals surface area contributed by atoms with Gasteiger partial charge in [0.25, 0.3) is 0 Å². The van der Waals surface area contributed by atoms with Crippen molar-refractivity contribution < 1.29 is 27.1 Å². The Morgan fingerprint density at radius 1 is 1.36 bits per heavy atom. The Kier molecular flexibility index (Phi) is 6.02. The largest absolute Gasteiger partial charge is 0.467 e. The lowest BCUT2D eigenvalue weighted by Gasteiger charge is -2.24. The van der Waals surface area contributed by atoms with E-state index in [1.807, 2.05) is 0 Å². The Labute approximate surface area is 129 Å². The van der Waals surface area contributed by atoms with Gasteiger partial charge >= 0.3 is 11.5 Å². The third-order valence-corrected chi connectivity index (χ3v) is 3.51. The highest BCUT2D eigenvalue weighted by Crippen LogP contribution is 2.43. The molecule has 1 aromatic carbocycles. The average molecular weight is 332 g/mol. The van der Waals surface area contributed by atoms with E-state index in [2.05, 4.69) is 17.0 Å². The summed E-state index contributed by atoms with van der Waals surface area (Å²) >= 11 is -0.610. The Bertz CT molecular complexity index is 618. The van der Waals surface area contributed by atoms with Crippen molar-refractivity contribution in [2.45, 2.75) is 10.3 Å². The number of esters is 1. The first-order chi connectivity index (χ1) is 10.2. The van der Waals surface area contributed by atoms with Crippen molar-refractivity contribution in [1.29, 1.82) is 0 Å². The molecule has 1 atom stereocenters. The Morgan fingerprint density at radius 3 is 2.50 bits per heavy atom. The quantitative estimate of drug-likeness (QED) is 0.456. The zero-order valence-corrected chi connectivity index (χ0v) is 12.3. The summed E-state index contributed by atoms with van der Waals surface area (Å²) in [6, 6.07) is 5.47. The van der Waals surface area contributed by atoms with Gasteiger partial charge in [-0.2, -0.15) is 13.2 Å². The van der Waals surface area contributed by atoms with Crippen molar-refractivity contribution in [1.82, 2.24) is 0 Å². The number of rotatable bonds is 5. The van der Waals surface area contributed by atoms with E-state index in [1.54, 1.807) is 0 Å². The molecule has 0 saturated heterocycles. The molecule has 0 aromatic heterocycles. The second-order valence-electron chi connectivity index (χ2n) is 4.04. The van der Waals surface area contributed by atoms with Crippen molar-refractivity contribution in [3.8, 4) is 0 Å². The van der Waals surface area contributed by atoms with Crippen LogP contribution in [0, 0.1) is 5.82 Å². The average Bonchev–Trinajstić information content (AvgIpc) is 2.44. The molecule has 0 aliphatic rings. The van der Waals surface area contributed by atoms with Gasteiger partial charge in [0.2, 0.25) is 0 Å². The SMILES string of the molecule is C=C=CC(/C=C/c1ccccc1F)(SC(F)(F)F)C(=O)OC. The van der Waals surface area contributed by atoms with E-state index in [4.69, 9.17) is 0 Å². The normalized spacial score (nSPS) is 14.2. The molecule has 2 nitrogen and oxygen atoms in total. The fourth-order valence-electron chi connectivity index (χ4n) is 1.61. The van der Waals surface area contributed by atoms with Crippen LogP contribution in [0.3, 0.4) is 0 Å².